The number of aryl methyl sites for hydroxylation is 3. The van der Waals surface area contributed by atoms with E-state index in [0.717, 1.165) is 5.01 Å². The number of hydrogen-bond acceptors (Lipinski definition) is 6. The van der Waals surface area contributed by atoms with Crippen LogP contribution < -0.4 is 0 Å². The van der Waals surface area contributed by atoms with E-state index in [1.807, 2.05) is 13.8 Å². The monoisotopic (exact) mass is 360 g/mol. The summed E-state index contributed by atoms with van der Waals surface area (Å²) in [4.78, 5) is 31.9. The molecule has 0 spiro atoms. The number of ketones is 1. The van der Waals surface area contributed by atoms with E-state index >= 15 is 0 Å². The first kappa shape index (κ1) is 17.4. The molecule has 2 aromatic rings. The molecule has 0 saturated heterocycles. The van der Waals surface area contributed by atoms with E-state index in [2.05, 4.69) is 4.98 Å². The molecule has 2 aromatic heterocycles. The molecule has 25 heavy (non-hydrogen) atoms. The summed E-state index contributed by atoms with van der Waals surface area (Å²) in [5, 5.41) is 11.2. The van der Waals surface area contributed by atoms with Crippen LogP contribution in [0, 0.1) is 20.8 Å². The second-order valence-electron chi connectivity index (χ2n) is 6.09. The number of thiazole rings is 1. The molecule has 6 nitrogen and oxygen atoms in total. The van der Waals surface area contributed by atoms with E-state index in [4.69, 9.17) is 4.42 Å². The van der Waals surface area contributed by atoms with Crippen LogP contribution in [-0.4, -0.2) is 33.2 Å². The van der Waals surface area contributed by atoms with Crippen molar-refractivity contribution in [2.45, 2.75) is 40.2 Å². The second kappa shape index (κ2) is 6.48. The maximum Gasteiger partial charge on any atom is 0.290 e. The van der Waals surface area contributed by atoms with Crippen LogP contribution in [0.15, 0.2) is 27.9 Å². The van der Waals surface area contributed by atoms with Gasteiger partial charge in [0.05, 0.1) is 21.2 Å². The lowest BCUT2D eigenvalue weighted by molar-refractivity contribution is -0.129. The van der Waals surface area contributed by atoms with Gasteiger partial charge in [-0.1, -0.05) is 6.92 Å². The standard InChI is InChI=1S/C18H20N2O4S/c1-5-8-20-14(12-7-6-9(2)24-12)13(16(22)18(20)23)15(21)17-10(3)19-11(4)25-17/h6-7,14,22H,5,8H2,1-4H3. The minimum atomic E-state index is -0.713. The van der Waals surface area contributed by atoms with Crippen LogP contribution in [0.4, 0.5) is 0 Å². The van der Waals surface area contributed by atoms with Crippen molar-refractivity contribution < 1.29 is 19.1 Å². The maximum atomic E-state index is 13.1. The van der Waals surface area contributed by atoms with Crippen molar-refractivity contribution >= 4 is 23.0 Å². The van der Waals surface area contributed by atoms with Gasteiger partial charge in [-0.25, -0.2) is 4.98 Å². The Kier molecular flexibility index (Phi) is 4.51. The fraction of sp³-hybridized carbons (Fsp3) is 0.389. The highest BCUT2D eigenvalue weighted by Crippen LogP contribution is 2.40. The molecule has 0 saturated carbocycles. The van der Waals surface area contributed by atoms with Crippen molar-refractivity contribution in [2.24, 2.45) is 0 Å². The number of amides is 1. The zero-order valence-electron chi connectivity index (χ0n) is 14.6. The van der Waals surface area contributed by atoms with Crippen molar-refractivity contribution in [3.8, 4) is 0 Å². The van der Waals surface area contributed by atoms with E-state index < -0.39 is 17.7 Å². The number of hydrogen-bond donors (Lipinski definition) is 1. The zero-order valence-corrected chi connectivity index (χ0v) is 15.4. The number of furan rings is 1. The highest BCUT2D eigenvalue weighted by molar-refractivity contribution is 7.14. The van der Waals surface area contributed by atoms with Gasteiger partial charge in [-0.2, -0.15) is 0 Å². The van der Waals surface area contributed by atoms with Crippen LogP contribution in [0.5, 0.6) is 0 Å². The van der Waals surface area contributed by atoms with Crippen molar-refractivity contribution in [1.29, 1.82) is 0 Å². The van der Waals surface area contributed by atoms with E-state index in [1.54, 1.807) is 26.0 Å². The third-order valence-corrected chi connectivity index (χ3v) is 5.22. The van der Waals surface area contributed by atoms with Gasteiger partial charge in [-0.3, -0.25) is 9.59 Å². The summed E-state index contributed by atoms with van der Waals surface area (Å²) in [5.41, 5.74) is 0.670. The predicted molar refractivity (Wildman–Crippen MR) is 93.8 cm³/mol. The minimum Gasteiger partial charge on any atom is -0.503 e. The largest absolute Gasteiger partial charge is 0.503 e. The highest BCUT2D eigenvalue weighted by Gasteiger charge is 2.45. The van der Waals surface area contributed by atoms with Gasteiger partial charge in [0.15, 0.2) is 5.76 Å². The SMILES string of the molecule is CCCN1C(=O)C(O)=C(C(=O)c2sc(C)nc2C)C1c1ccc(C)o1. The lowest BCUT2D eigenvalue weighted by atomic mass is 9.99. The smallest absolute Gasteiger partial charge is 0.290 e. The fourth-order valence-corrected chi connectivity index (χ4v) is 3.99. The first-order chi connectivity index (χ1) is 11.8. The van der Waals surface area contributed by atoms with Crippen LogP contribution in [-0.2, 0) is 4.79 Å². The summed E-state index contributed by atoms with van der Waals surface area (Å²) in [6, 6.07) is 2.81. The number of aliphatic hydroxyl groups excluding tert-OH is 1. The van der Waals surface area contributed by atoms with Crippen molar-refractivity contribution in [3.63, 3.8) is 0 Å². The van der Waals surface area contributed by atoms with Crippen LogP contribution in [0.2, 0.25) is 0 Å². The molecule has 1 unspecified atom stereocenters. The zero-order chi connectivity index (χ0) is 18.3. The lowest BCUT2D eigenvalue weighted by Gasteiger charge is -2.24. The summed E-state index contributed by atoms with van der Waals surface area (Å²) < 4.78 is 5.69. The molecule has 132 valence electrons. The highest BCUT2D eigenvalue weighted by atomic mass is 32.1. The third-order valence-electron chi connectivity index (χ3n) is 4.15. The Hall–Kier alpha value is -2.41. The molecular weight excluding hydrogens is 340 g/mol. The third kappa shape index (κ3) is 2.89. The van der Waals surface area contributed by atoms with E-state index in [0.29, 0.717) is 35.1 Å². The normalized spacial score (nSPS) is 17.7. The fourth-order valence-electron chi connectivity index (χ4n) is 3.12. The Morgan fingerprint density at radius 2 is 2.08 bits per heavy atom. The molecule has 0 aliphatic carbocycles. The lowest BCUT2D eigenvalue weighted by Crippen LogP contribution is -2.31. The molecule has 1 N–H and O–H groups in total. The Morgan fingerprint density at radius 1 is 1.36 bits per heavy atom. The summed E-state index contributed by atoms with van der Waals surface area (Å²) in [6.07, 6.45) is 0.704. The Morgan fingerprint density at radius 3 is 2.60 bits per heavy atom. The van der Waals surface area contributed by atoms with Crippen molar-refractivity contribution in [2.75, 3.05) is 6.54 Å². The summed E-state index contributed by atoms with van der Waals surface area (Å²) in [7, 11) is 0. The van der Waals surface area contributed by atoms with Gasteiger partial charge >= 0.3 is 0 Å². The number of Topliss-reactive ketones (excluding diaryl/α,β-unsaturated/α-hetero) is 1. The van der Waals surface area contributed by atoms with E-state index in [9.17, 15) is 14.7 Å². The first-order valence-electron chi connectivity index (χ1n) is 8.14. The molecule has 3 heterocycles. The Labute approximate surface area is 149 Å². The maximum absolute atomic E-state index is 13.1. The Bertz CT molecular complexity index is 878. The summed E-state index contributed by atoms with van der Waals surface area (Å²) in [5.74, 6) is -0.245. The number of rotatable bonds is 5. The predicted octanol–water partition coefficient (Wildman–Crippen LogP) is 3.65. The van der Waals surface area contributed by atoms with Crippen LogP contribution >= 0.6 is 11.3 Å². The number of aromatic nitrogens is 1. The molecule has 3 rings (SSSR count). The molecule has 0 aromatic carbocycles. The molecular formula is C18H20N2O4S. The van der Waals surface area contributed by atoms with Gasteiger partial charge in [0, 0.05) is 6.54 Å². The number of aliphatic hydroxyl groups is 1. The number of carbonyl (C=O) groups excluding carboxylic acids is 2. The van der Waals surface area contributed by atoms with Crippen molar-refractivity contribution in [1.82, 2.24) is 9.88 Å². The second-order valence-corrected chi connectivity index (χ2v) is 7.29. The molecule has 0 bridgehead atoms. The summed E-state index contributed by atoms with van der Waals surface area (Å²) in [6.45, 7) is 7.72. The molecule has 0 radical (unpaired) electrons. The van der Waals surface area contributed by atoms with E-state index in [1.165, 1.54) is 16.2 Å². The topological polar surface area (TPSA) is 83.6 Å². The van der Waals surface area contributed by atoms with Gasteiger partial charge in [-0.05, 0) is 39.3 Å². The van der Waals surface area contributed by atoms with Gasteiger partial charge < -0.3 is 14.4 Å². The molecule has 0 fully saturated rings. The average molecular weight is 360 g/mol. The minimum absolute atomic E-state index is 0.0690. The molecule has 1 aliphatic rings. The molecule has 1 atom stereocenters. The number of nitrogens with zero attached hydrogens (tertiary/aromatic N) is 2. The molecule has 1 aliphatic heterocycles. The van der Waals surface area contributed by atoms with Gasteiger partial charge in [-0.15, -0.1) is 11.3 Å². The van der Waals surface area contributed by atoms with Crippen LogP contribution in [0.1, 0.15) is 51.3 Å². The van der Waals surface area contributed by atoms with Crippen LogP contribution in [0.3, 0.4) is 0 Å². The van der Waals surface area contributed by atoms with Gasteiger partial charge in [0.2, 0.25) is 5.78 Å². The van der Waals surface area contributed by atoms with E-state index in [-0.39, 0.29) is 11.4 Å². The average Bonchev–Trinajstić information content (AvgIpc) is 3.19. The van der Waals surface area contributed by atoms with Crippen molar-refractivity contribution in [3.05, 3.63) is 50.6 Å². The number of carbonyl (C=O) groups is 2. The molecule has 7 heteroatoms. The quantitative estimate of drug-likeness (QED) is 0.823. The Balaban J connectivity index is 2.12. The summed E-state index contributed by atoms with van der Waals surface area (Å²) >= 11 is 1.26. The first-order valence-corrected chi connectivity index (χ1v) is 8.96. The molecule has 1 amide bonds. The van der Waals surface area contributed by atoms with Crippen LogP contribution in [0.25, 0.3) is 0 Å². The van der Waals surface area contributed by atoms with Gasteiger partial charge in [0.1, 0.15) is 17.6 Å². The van der Waals surface area contributed by atoms with Gasteiger partial charge in [0.25, 0.3) is 5.91 Å².